The molecule has 228 valence electrons. The minimum Gasteiger partial charge on any atom is -0.510 e. The van der Waals surface area contributed by atoms with Gasteiger partial charge in [-0.25, -0.2) is 0 Å². The smallest absolute Gasteiger partial charge is 0.255 e. The van der Waals surface area contributed by atoms with E-state index >= 15 is 0 Å². The van der Waals surface area contributed by atoms with Gasteiger partial charge in [0.25, 0.3) is 5.91 Å². The molecular weight excluding hydrogens is 550 g/mol. The molecule has 10 heteroatoms. The number of hydrogen-bond donors (Lipinski definition) is 5. The maximum atomic E-state index is 14.2. The number of anilines is 1. The number of nitrogens with two attached hydrogens (primary N) is 1. The van der Waals surface area contributed by atoms with Crippen LogP contribution in [0.5, 0.6) is 5.75 Å². The molecule has 10 nitrogen and oxygen atoms in total. The molecular formula is C33H39N3O7. The molecule has 5 rings (SSSR count). The quantitative estimate of drug-likeness (QED) is 0.305. The van der Waals surface area contributed by atoms with Crippen molar-refractivity contribution in [3.63, 3.8) is 0 Å². The Labute approximate surface area is 250 Å². The summed E-state index contributed by atoms with van der Waals surface area (Å²) < 4.78 is 0. The number of Topliss-reactive ketones (excluding diaryl/α,β-unsaturated/α-hetero) is 2. The number of aliphatic hydroxyl groups is 3. The molecule has 0 saturated carbocycles. The van der Waals surface area contributed by atoms with Gasteiger partial charge in [0, 0.05) is 36.8 Å². The lowest BCUT2D eigenvalue weighted by atomic mass is 9.58. The topological polar surface area (TPSA) is 165 Å². The molecule has 0 saturated heterocycles. The van der Waals surface area contributed by atoms with Crippen LogP contribution in [-0.2, 0) is 22.4 Å². The van der Waals surface area contributed by atoms with Gasteiger partial charge >= 0.3 is 0 Å². The first kappa shape index (κ1) is 30.3. The summed E-state index contributed by atoms with van der Waals surface area (Å²) in [6.07, 6.45) is 3.34. The van der Waals surface area contributed by atoms with Crippen LogP contribution in [0.2, 0.25) is 0 Å². The Morgan fingerprint density at radius 2 is 1.72 bits per heavy atom. The molecule has 0 radical (unpaired) electrons. The van der Waals surface area contributed by atoms with Gasteiger partial charge in [0.2, 0.25) is 5.78 Å². The fourth-order valence-corrected chi connectivity index (χ4v) is 7.15. The van der Waals surface area contributed by atoms with Crippen molar-refractivity contribution in [1.82, 2.24) is 4.90 Å². The van der Waals surface area contributed by atoms with Gasteiger partial charge in [-0.2, -0.15) is 0 Å². The number of aliphatic hydroxyl groups excluding tert-OH is 2. The first-order valence-electron chi connectivity index (χ1n) is 14.6. The molecule has 1 amide bonds. The SMILES string of the molecule is CCCCc1ccc(-c2cc(N(C)C)c3c(c2O)C(=O)C2=C(O)[C@]4(O)C(=O)C(C(N)=O)=C(O)[C@H](N(C)C)[C@H]4C[C@H]2C3)cc1. The Hall–Kier alpha value is -4.15. The van der Waals surface area contributed by atoms with E-state index in [0.717, 1.165) is 19.3 Å². The molecule has 0 aliphatic heterocycles. The van der Waals surface area contributed by atoms with Crippen molar-refractivity contribution >= 4 is 23.2 Å². The third-order valence-electron chi connectivity index (χ3n) is 9.26. The average Bonchev–Trinajstić information content (AvgIpc) is 2.93. The standard InChI is InChI=1S/C33H39N3O7/c1-6-7-8-16-9-11-17(12-10-16)19-15-22(35(2)3)20-13-18-14-21-26(36(4)5)29(39)25(32(34)42)31(41)33(21,43)30(40)23(18)28(38)24(20)27(19)37/h9-12,15,18,21,26,37,39-40,43H,6-8,13-14H2,1-5H3,(H2,34,42)/t18-,21-,26-,33+/m1/s1. The zero-order valence-electron chi connectivity index (χ0n) is 25.1. The molecule has 0 spiro atoms. The van der Waals surface area contributed by atoms with Gasteiger partial charge in [-0.3, -0.25) is 19.3 Å². The molecule has 0 heterocycles. The average molecular weight is 590 g/mol. The van der Waals surface area contributed by atoms with Crippen LogP contribution in [0.15, 0.2) is 53.0 Å². The summed E-state index contributed by atoms with van der Waals surface area (Å²) in [4.78, 5) is 43.4. The summed E-state index contributed by atoms with van der Waals surface area (Å²) >= 11 is 0. The number of ketones is 2. The molecule has 0 aromatic heterocycles. The number of carbonyl (C=O) groups excluding carboxylic acids is 3. The fourth-order valence-electron chi connectivity index (χ4n) is 7.15. The van der Waals surface area contributed by atoms with E-state index in [1.54, 1.807) is 14.1 Å². The number of fused-ring (bicyclic) bond motifs is 3. The second-order valence-corrected chi connectivity index (χ2v) is 12.3. The van der Waals surface area contributed by atoms with Crippen LogP contribution >= 0.6 is 0 Å². The number of hydrogen-bond acceptors (Lipinski definition) is 9. The summed E-state index contributed by atoms with van der Waals surface area (Å²) in [6, 6.07) is 8.61. The lowest BCUT2D eigenvalue weighted by molar-refractivity contribution is -0.148. The number of likely N-dealkylation sites (N-methyl/N-ethyl adjacent to an activating group) is 1. The Balaban J connectivity index is 1.69. The molecule has 43 heavy (non-hydrogen) atoms. The van der Waals surface area contributed by atoms with Gasteiger partial charge in [0.15, 0.2) is 11.4 Å². The fraction of sp³-hybridized carbons (Fsp3) is 0.424. The summed E-state index contributed by atoms with van der Waals surface area (Å²) in [5, 5.41) is 46.0. The van der Waals surface area contributed by atoms with Crippen molar-refractivity contribution in [3.05, 3.63) is 69.7 Å². The van der Waals surface area contributed by atoms with Crippen molar-refractivity contribution < 1.29 is 34.8 Å². The van der Waals surface area contributed by atoms with E-state index in [2.05, 4.69) is 6.92 Å². The third-order valence-corrected chi connectivity index (χ3v) is 9.26. The van der Waals surface area contributed by atoms with E-state index in [9.17, 15) is 34.8 Å². The van der Waals surface area contributed by atoms with Crippen LogP contribution < -0.4 is 10.6 Å². The van der Waals surface area contributed by atoms with Gasteiger partial charge in [-0.1, -0.05) is 37.6 Å². The van der Waals surface area contributed by atoms with Crippen molar-refractivity contribution in [2.24, 2.45) is 17.6 Å². The van der Waals surface area contributed by atoms with Crippen LogP contribution in [0.25, 0.3) is 11.1 Å². The van der Waals surface area contributed by atoms with Crippen LogP contribution in [0.3, 0.4) is 0 Å². The highest BCUT2D eigenvalue weighted by Crippen LogP contribution is 2.54. The lowest BCUT2D eigenvalue weighted by Crippen LogP contribution is -2.63. The number of aromatic hydroxyl groups is 1. The van der Waals surface area contributed by atoms with Gasteiger partial charge in [-0.05, 0) is 68.5 Å². The number of carbonyl (C=O) groups is 3. The maximum absolute atomic E-state index is 14.2. The van der Waals surface area contributed by atoms with Crippen LogP contribution in [0, 0.1) is 11.8 Å². The van der Waals surface area contributed by atoms with Crippen molar-refractivity contribution in [2.45, 2.75) is 50.7 Å². The zero-order valence-corrected chi connectivity index (χ0v) is 25.1. The number of rotatable bonds is 7. The number of unbranched alkanes of at least 4 members (excludes halogenated alkanes) is 1. The van der Waals surface area contributed by atoms with Gasteiger partial charge in [-0.15, -0.1) is 0 Å². The summed E-state index contributed by atoms with van der Waals surface area (Å²) in [6.45, 7) is 2.13. The number of primary amides is 1. The Morgan fingerprint density at radius 1 is 1.07 bits per heavy atom. The molecule has 2 aromatic rings. The number of phenolic OH excluding ortho intramolecular Hbond substituents is 1. The molecule has 3 aliphatic carbocycles. The number of phenols is 1. The number of nitrogens with zero attached hydrogens (tertiary/aromatic N) is 2. The predicted octanol–water partition coefficient (Wildman–Crippen LogP) is 3.20. The molecule has 6 N–H and O–H groups in total. The second-order valence-electron chi connectivity index (χ2n) is 12.3. The van der Waals surface area contributed by atoms with E-state index in [4.69, 9.17) is 5.73 Å². The van der Waals surface area contributed by atoms with E-state index < -0.39 is 58.0 Å². The molecule has 0 bridgehead atoms. The highest BCUT2D eigenvalue weighted by atomic mass is 16.3. The first-order valence-corrected chi connectivity index (χ1v) is 14.6. The maximum Gasteiger partial charge on any atom is 0.255 e. The number of benzene rings is 2. The second kappa shape index (κ2) is 10.8. The van der Waals surface area contributed by atoms with Crippen molar-refractivity contribution in [1.29, 1.82) is 0 Å². The molecule has 4 atom stereocenters. The number of aryl methyl sites for hydroxylation is 1. The Morgan fingerprint density at radius 3 is 2.28 bits per heavy atom. The van der Waals surface area contributed by atoms with E-state index in [-0.39, 0.29) is 29.7 Å². The third kappa shape index (κ3) is 4.51. The predicted molar refractivity (Wildman–Crippen MR) is 162 cm³/mol. The zero-order chi connectivity index (χ0) is 31.5. The minimum absolute atomic E-state index is 0.00274. The largest absolute Gasteiger partial charge is 0.510 e. The molecule has 2 aromatic carbocycles. The van der Waals surface area contributed by atoms with E-state index in [1.165, 1.54) is 10.5 Å². The van der Waals surface area contributed by atoms with E-state index in [1.807, 2.05) is 49.3 Å². The Bertz CT molecular complexity index is 1590. The molecule has 0 fully saturated rings. The number of amides is 1. The van der Waals surface area contributed by atoms with E-state index in [0.29, 0.717) is 22.4 Å². The lowest BCUT2D eigenvalue weighted by Gasteiger charge is -2.50. The summed E-state index contributed by atoms with van der Waals surface area (Å²) in [7, 11) is 6.89. The van der Waals surface area contributed by atoms with Crippen LogP contribution in [0.1, 0.15) is 47.7 Å². The highest BCUT2D eigenvalue weighted by Gasteiger charge is 2.63. The summed E-state index contributed by atoms with van der Waals surface area (Å²) in [5.74, 6) is -6.62. The minimum atomic E-state index is -2.67. The van der Waals surface area contributed by atoms with Crippen molar-refractivity contribution in [2.75, 3.05) is 33.1 Å². The van der Waals surface area contributed by atoms with Gasteiger partial charge < -0.3 is 31.1 Å². The number of allylic oxidation sites excluding steroid dienone is 1. The Kier molecular flexibility index (Phi) is 7.64. The molecule has 3 aliphatic rings. The van der Waals surface area contributed by atoms with Gasteiger partial charge in [0.1, 0.15) is 22.8 Å². The first-order chi connectivity index (χ1) is 20.2. The van der Waals surface area contributed by atoms with Gasteiger partial charge in [0.05, 0.1) is 11.6 Å². The molecule has 0 unspecified atom stereocenters. The summed E-state index contributed by atoms with van der Waals surface area (Å²) in [5.41, 5.74) is 5.37. The van der Waals surface area contributed by atoms with Crippen LogP contribution in [0.4, 0.5) is 5.69 Å². The van der Waals surface area contributed by atoms with Crippen molar-refractivity contribution in [3.8, 4) is 16.9 Å². The van der Waals surface area contributed by atoms with Crippen LogP contribution in [-0.4, -0.2) is 82.6 Å². The highest BCUT2D eigenvalue weighted by molar-refractivity contribution is 6.25. The monoisotopic (exact) mass is 589 g/mol. The normalized spacial score (nSPS) is 25.0.